The van der Waals surface area contributed by atoms with Gasteiger partial charge in [-0.2, -0.15) is 0 Å². The Bertz CT molecular complexity index is 1260. The van der Waals surface area contributed by atoms with Crippen LogP contribution in [0.1, 0.15) is 35.1 Å². The van der Waals surface area contributed by atoms with Crippen molar-refractivity contribution in [1.29, 1.82) is 0 Å². The third kappa shape index (κ3) is 5.03. The first-order valence-corrected chi connectivity index (χ1v) is 11.2. The summed E-state index contributed by atoms with van der Waals surface area (Å²) in [6, 6.07) is 9.25. The first-order chi connectivity index (χ1) is 15.8. The molecule has 0 bridgehead atoms. The Balaban J connectivity index is 1.46. The van der Waals surface area contributed by atoms with Crippen LogP contribution < -0.4 is 15.7 Å². The second kappa shape index (κ2) is 9.67. The van der Waals surface area contributed by atoms with Crippen LogP contribution in [0.5, 0.6) is 5.75 Å². The largest absolute Gasteiger partial charge is 0.483 e. The fraction of sp³-hybridized carbons (Fsp3) is 0.320. The van der Waals surface area contributed by atoms with Crippen LogP contribution >= 0.6 is 11.6 Å². The lowest BCUT2D eigenvalue weighted by Gasteiger charge is -2.18. The zero-order valence-electron chi connectivity index (χ0n) is 18.2. The van der Waals surface area contributed by atoms with Gasteiger partial charge in [0.2, 0.25) is 0 Å². The molecule has 1 amide bonds. The van der Waals surface area contributed by atoms with Gasteiger partial charge < -0.3 is 19.6 Å². The van der Waals surface area contributed by atoms with Crippen LogP contribution in [0.3, 0.4) is 0 Å². The van der Waals surface area contributed by atoms with Crippen LogP contribution in [-0.2, 0) is 28.9 Å². The molecule has 1 aromatic heterocycles. The van der Waals surface area contributed by atoms with Crippen molar-refractivity contribution >= 4 is 34.4 Å². The van der Waals surface area contributed by atoms with E-state index in [2.05, 4.69) is 5.32 Å². The van der Waals surface area contributed by atoms with Crippen molar-refractivity contribution in [1.82, 2.24) is 5.32 Å². The van der Waals surface area contributed by atoms with E-state index in [0.29, 0.717) is 21.9 Å². The Morgan fingerprint density at radius 2 is 1.82 bits per heavy atom. The van der Waals surface area contributed by atoms with Gasteiger partial charge >= 0.3 is 11.6 Å². The van der Waals surface area contributed by atoms with Gasteiger partial charge in [0.1, 0.15) is 17.4 Å². The highest BCUT2D eigenvalue weighted by atomic mass is 35.5. The number of nitrogens with one attached hydrogen (secondary N) is 1. The molecule has 4 rings (SSSR count). The van der Waals surface area contributed by atoms with Crippen molar-refractivity contribution < 1.29 is 23.8 Å². The minimum atomic E-state index is -1.15. The molecule has 33 heavy (non-hydrogen) atoms. The highest BCUT2D eigenvalue weighted by molar-refractivity contribution is 6.30. The minimum absolute atomic E-state index is 0.115. The van der Waals surface area contributed by atoms with E-state index in [1.54, 1.807) is 37.3 Å². The third-order valence-corrected chi connectivity index (χ3v) is 6.19. The third-order valence-electron chi connectivity index (χ3n) is 5.94. The maximum Gasteiger partial charge on any atom is 0.339 e. The second-order valence-corrected chi connectivity index (χ2v) is 8.63. The van der Waals surface area contributed by atoms with Crippen molar-refractivity contribution in [2.45, 2.75) is 45.1 Å². The molecule has 0 fully saturated rings. The number of rotatable bonds is 7. The van der Waals surface area contributed by atoms with Gasteiger partial charge in [-0.3, -0.25) is 4.79 Å². The molecular weight excluding hydrogens is 446 g/mol. The van der Waals surface area contributed by atoms with Crippen molar-refractivity contribution in [2.75, 3.05) is 6.61 Å². The summed E-state index contributed by atoms with van der Waals surface area (Å²) in [6.45, 7) is 1.40. The predicted molar refractivity (Wildman–Crippen MR) is 124 cm³/mol. The number of hydrogen-bond donors (Lipinski definition) is 2. The number of carboxylic acids is 1. The van der Waals surface area contributed by atoms with Crippen LogP contribution in [0.25, 0.3) is 11.0 Å². The zero-order valence-corrected chi connectivity index (χ0v) is 18.9. The monoisotopic (exact) mass is 469 g/mol. The van der Waals surface area contributed by atoms with E-state index >= 15 is 0 Å². The zero-order chi connectivity index (χ0) is 23.5. The lowest BCUT2D eigenvalue weighted by Crippen LogP contribution is -2.44. The number of aryl methyl sites for hydroxylation is 2. The summed E-state index contributed by atoms with van der Waals surface area (Å²) in [5.74, 6) is -1.31. The van der Waals surface area contributed by atoms with Gasteiger partial charge in [-0.1, -0.05) is 23.7 Å². The average molecular weight is 470 g/mol. The lowest BCUT2D eigenvalue weighted by atomic mass is 9.90. The van der Waals surface area contributed by atoms with E-state index < -0.39 is 17.9 Å². The van der Waals surface area contributed by atoms with E-state index in [4.69, 9.17) is 20.8 Å². The molecule has 0 aliphatic heterocycles. The van der Waals surface area contributed by atoms with Gasteiger partial charge in [0.15, 0.2) is 6.61 Å². The van der Waals surface area contributed by atoms with E-state index in [9.17, 15) is 19.5 Å². The van der Waals surface area contributed by atoms with E-state index in [1.807, 2.05) is 6.07 Å². The molecule has 0 unspecified atom stereocenters. The molecule has 0 saturated carbocycles. The SMILES string of the molecule is Cc1c(OCC(=O)N[C@H](Cc2ccc(Cl)cc2)C(=O)O)ccc2c3c(c(=O)oc12)CCCC3. The maximum absolute atomic E-state index is 12.4. The summed E-state index contributed by atoms with van der Waals surface area (Å²) < 4.78 is 11.2. The van der Waals surface area contributed by atoms with Gasteiger partial charge in [-0.25, -0.2) is 9.59 Å². The Morgan fingerprint density at radius 1 is 1.12 bits per heavy atom. The molecule has 172 valence electrons. The summed E-state index contributed by atoms with van der Waals surface area (Å²) in [6.07, 6.45) is 3.69. The normalized spacial score (nSPS) is 13.9. The van der Waals surface area contributed by atoms with Crippen LogP contribution in [0.4, 0.5) is 0 Å². The fourth-order valence-electron chi connectivity index (χ4n) is 4.22. The topological polar surface area (TPSA) is 106 Å². The van der Waals surface area contributed by atoms with Gasteiger partial charge in [0.05, 0.1) is 0 Å². The number of ether oxygens (including phenoxy) is 1. The van der Waals surface area contributed by atoms with E-state index in [-0.39, 0.29) is 18.7 Å². The standard InChI is InChI=1S/C25H24ClNO6/c1-14-21(11-10-18-17-4-2-3-5-19(17)25(31)33-23(14)18)32-13-22(28)27-20(24(29)30)12-15-6-8-16(26)9-7-15/h6-11,20H,2-5,12-13H2,1H3,(H,27,28)(H,29,30)/t20-/m1/s1. The van der Waals surface area contributed by atoms with Crippen molar-refractivity contribution in [3.05, 3.63) is 74.1 Å². The Kier molecular flexibility index (Phi) is 6.70. The second-order valence-electron chi connectivity index (χ2n) is 8.20. The molecule has 0 radical (unpaired) electrons. The number of amides is 1. The number of benzene rings is 2. The molecule has 2 aromatic carbocycles. The van der Waals surface area contributed by atoms with Crippen LogP contribution in [0.2, 0.25) is 5.02 Å². The van der Waals surface area contributed by atoms with Crippen LogP contribution in [0.15, 0.2) is 45.6 Å². The number of carboxylic acid groups (broad SMARTS) is 1. The van der Waals surface area contributed by atoms with E-state index in [1.165, 1.54) is 0 Å². The first kappa shape index (κ1) is 22.9. The number of carbonyl (C=O) groups is 2. The summed E-state index contributed by atoms with van der Waals surface area (Å²) in [5, 5.41) is 13.4. The highest BCUT2D eigenvalue weighted by Gasteiger charge is 2.22. The summed E-state index contributed by atoms with van der Waals surface area (Å²) in [7, 11) is 0. The van der Waals surface area contributed by atoms with Gasteiger partial charge in [0.25, 0.3) is 5.91 Å². The molecule has 3 aromatic rings. The molecule has 0 saturated heterocycles. The van der Waals surface area contributed by atoms with Crippen molar-refractivity contribution in [3.8, 4) is 5.75 Å². The average Bonchev–Trinajstić information content (AvgIpc) is 2.80. The predicted octanol–water partition coefficient (Wildman–Crippen LogP) is 3.82. The van der Waals surface area contributed by atoms with Gasteiger partial charge in [-0.05, 0) is 68.0 Å². The van der Waals surface area contributed by atoms with Gasteiger partial charge in [-0.15, -0.1) is 0 Å². The lowest BCUT2D eigenvalue weighted by molar-refractivity contribution is -0.142. The molecule has 1 aliphatic rings. The first-order valence-electron chi connectivity index (χ1n) is 10.8. The quantitative estimate of drug-likeness (QED) is 0.509. The molecule has 2 N–H and O–H groups in total. The molecule has 1 aliphatic carbocycles. The van der Waals surface area contributed by atoms with Gasteiger partial charge in [0, 0.05) is 28.0 Å². The Morgan fingerprint density at radius 3 is 2.52 bits per heavy atom. The molecule has 8 heteroatoms. The number of fused-ring (bicyclic) bond motifs is 3. The highest BCUT2D eigenvalue weighted by Crippen LogP contribution is 2.32. The summed E-state index contributed by atoms with van der Waals surface area (Å²) in [4.78, 5) is 36.4. The minimum Gasteiger partial charge on any atom is -0.483 e. The van der Waals surface area contributed by atoms with Crippen molar-refractivity contribution in [3.63, 3.8) is 0 Å². The smallest absolute Gasteiger partial charge is 0.339 e. The van der Waals surface area contributed by atoms with Crippen LogP contribution in [0, 0.1) is 6.92 Å². The molecule has 7 nitrogen and oxygen atoms in total. The number of halogens is 1. The molecular formula is C25H24ClNO6. The number of aliphatic carboxylic acids is 1. The Hall–Kier alpha value is -3.32. The maximum atomic E-state index is 12.4. The van der Waals surface area contributed by atoms with Crippen LogP contribution in [-0.4, -0.2) is 29.6 Å². The molecule has 0 spiro atoms. The fourth-order valence-corrected chi connectivity index (χ4v) is 4.34. The summed E-state index contributed by atoms with van der Waals surface area (Å²) >= 11 is 5.86. The number of hydrogen-bond acceptors (Lipinski definition) is 5. The number of carbonyl (C=O) groups excluding carboxylic acids is 1. The van der Waals surface area contributed by atoms with Crippen molar-refractivity contribution in [2.24, 2.45) is 0 Å². The Labute approximate surface area is 195 Å². The molecule has 1 atom stereocenters. The molecule has 1 heterocycles. The summed E-state index contributed by atoms with van der Waals surface area (Å²) in [5.41, 5.74) is 3.29. The van der Waals surface area contributed by atoms with E-state index in [0.717, 1.165) is 47.8 Å².